The molecule has 6 nitrogen and oxygen atoms in total. The molecule has 148 valence electrons. The number of hydrogen-bond acceptors (Lipinski definition) is 5. The van der Waals surface area contributed by atoms with Gasteiger partial charge in [0.2, 0.25) is 5.91 Å². The number of carbonyl (C=O) groups excluding carboxylic acids is 1. The average molecular weight is 401 g/mol. The number of rotatable bonds is 3. The van der Waals surface area contributed by atoms with Crippen LogP contribution in [0, 0.1) is 13.8 Å². The van der Waals surface area contributed by atoms with Gasteiger partial charge in [-0.05, 0) is 50.1 Å². The number of para-hydroxylation sites is 1. The van der Waals surface area contributed by atoms with Crippen molar-refractivity contribution < 1.29 is 22.7 Å². The summed E-state index contributed by atoms with van der Waals surface area (Å²) in [6.07, 6.45) is 0.369. The van der Waals surface area contributed by atoms with Gasteiger partial charge in [-0.2, -0.15) is 0 Å². The molecule has 7 heteroatoms. The summed E-state index contributed by atoms with van der Waals surface area (Å²) in [5, 5.41) is 1.55. The van der Waals surface area contributed by atoms with E-state index in [-0.39, 0.29) is 4.90 Å². The predicted molar refractivity (Wildman–Crippen MR) is 104 cm³/mol. The van der Waals surface area contributed by atoms with Crippen LogP contribution in [0.2, 0.25) is 0 Å². The Bertz CT molecular complexity index is 1080. The topological polar surface area (TPSA) is 81.7 Å². The summed E-state index contributed by atoms with van der Waals surface area (Å²) in [7, 11) is -2.36. The second-order valence-corrected chi connectivity index (χ2v) is 9.79. The van der Waals surface area contributed by atoms with Crippen LogP contribution in [0.5, 0.6) is 11.5 Å². The molecule has 1 N–H and O–H groups in total. The van der Waals surface area contributed by atoms with Gasteiger partial charge in [-0.1, -0.05) is 18.2 Å². The van der Waals surface area contributed by atoms with E-state index in [2.05, 4.69) is 5.32 Å². The molecule has 2 bridgehead atoms. The van der Waals surface area contributed by atoms with Gasteiger partial charge in [-0.25, -0.2) is 8.42 Å². The lowest BCUT2D eigenvalue weighted by atomic mass is 9.81. The first-order chi connectivity index (χ1) is 13.2. The van der Waals surface area contributed by atoms with Crippen LogP contribution < -0.4 is 14.8 Å². The molecule has 2 aliphatic heterocycles. The number of benzene rings is 2. The first-order valence-corrected chi connectivity index (χ1v) is 10.7. The van der Waals surface area contributed by atoms with E-state index in [0.717, 1.165) is 11.1 Å². The Kier molecular flexibility index (Phi) is 4.19. The van der Waals surface area contributed by atoms with Crippen molar-refractivity contribution >= 4 is 15.7 Å². The van der Waals surface area contributed by atoms with Crippen molar-refractivity contribution in [3.63, 3.8) is 0 Å². The monoisotopic (exact) mass is 401 g/mol. The molecule has 1 saturated heterocycles. The lowest BCUT2D eigenvalue weighted by Gasteiger charge is -2.47. The van der Waals surface area contributed by atoms with Crippen molar-refractivity contribution in [2.75, 3.05) is 7.11 Å². The minimum Gasteiger partial charge on any atom is -0.493 e. The standard InChI is InChI=1S/C21H23NO5S/c1-12-8-9-14(10-13(12)2)28(24,25)19-16-11-21(3,22-20(19)23)27-18-15(16)6-5-7-17(18)26-4/h5-10,16,19H,11H2,1-4H3,(H,22,23)/t16?,19?,21-/m0/s1. The van der Waals surface area contributed by atoms with Gasteiger partial charge in [0.25, 0.3) is 0 Å². The zero-order valence-electron chi connectivity index (χ0n) is 16.3. The van der Waals surface area contributed by atoms with Crippen molar-refractivity contribution in [1.29, 1.82) is 0 Å². The van der Waals surface area contributed by atoms with Crippen molar-refractivity contribution in [3.8, 4) is 11.5 Å². The summed E-state index contributed by atoms with van der Waals surface area (Å²) in [6, 6.07) is 10.3. The van der Waals surface area contributed by atoms with Crippen LogP contribution in [0.15, 0.2) is 41.3 Å². The molecule has 2 unspecified atom stereocenters. The van der Waals surface area contributed by atoms with Crippen LogP contribution in [0.1, 0.15) is 36.0 Å². The van der Waals surface area contributed by atoms with E-state index in [9.17, 15) is 13.2 Å². The molecular formula is C21H23NO5S. The highest BCUT2D eigenvalue weighted by Gasteiger charge is 2.54. The largest absolute Gasteiger partial charge is 0.493 e. The summed E-state index contributed by atoms with van der Waals surface area (Å²) in [6.45, 7) is 5.54. The van der Waals surface area contributed by atoms with Crippen LogP contribution in [-0.4, -0.2) is 32.4 Å². The number of amides is 1. The fraction of sp³-hybridized carbons (Fsp3) is 0.381. The van der Waals surface area contributed by atoms with Crippen LogP contribution in [0.3, 0.4) is 0 Å². The molecule has 3 atom stereocenters. The smallest absolute Gasteiger partial charge is 0.242 e. The van der Waals surface area contributed by atoms with E-state index in [1.165, 1.54) is 7.11 Å². The number of aryl methyl sites for hydroxylation is 2. The van der Waals surface area contributed by atoms with Crippen molar-refractivity contribution in [2.45, 2.75) is 49.0 Å². The third-order valence-corrected chi connectivity index (χ3v) is 7.84. The zero-order chi connectivity index (χ0) is 20.3. The Morgan fingerprint density at radius 2 is 1.93 bits per heavy atom. The second kappa shape index (κ2) is 6.24. The maximum absolute atomic E-state index is 13.5. The lowest BCUT2D eigenvalue weighted by molar-refractivity contribution is -0.132. The van der Waals surface area contributed by atoms with Gasteiger partial charge in [-0.3, -0.25) is 4.79 Å². The molecule has 0 saturated carbocycles. The van der Waals surface area contributed by atoms with Crippen LogP contribution in [0.25, 0.3) is 0 Å². The Balaban J connectivity index is 1.88. The van der Waals surface area contributed by atoms with Crippen molar-refractivity contribution in [3.05, 3.63) is 53.1 Å². The Hall–Kier alpha value is -2.54. The van der Waals surface area contributed by atoms with E-state index >= 15 is 0 Å². The molecule has 1 amide bonds. The first-order valence-electron chi connectivity index (χ1n) is 9.15. The Labute approximate surface area is 164 Å². The summed E-state index contributed by atoms with van der Waals surface area (Å²) in [4.78, 5) is 13.1. The first kappa shape index (κ1) is 18.8. The molecule has 0 radical (unpaired) electrons. The van der Waals surface area contributed by atoms with E-state index in [0.29, 0.717) is 23.5 Å². The van der Waals surface area contributed by atoms with E-state index in [4.69, 9.17) is 9.47 Å². The van der Waals surface area contributed by atoms with E-state index < -0.39 is 32.6 Å². The van der Waals surface area contributed by atoms with Crippen LogP contribution in [-0.2, 0) is 14.6 Å². The number of ether oxygens (including phenoxy) is 2. The predicted octanol–water partition coefficient (Wildman–Crippen LogP) is 2.87. The normalized spacial score (nSPS) is 26.1. The number of piperidine rings is 1. The molecule has 2 aromatic rings. The van der Waals surface area contributed by atoms with E-state index in [1.807, 2.05) is 19.9 Å². The maximum atomic E-state index is 13.5. The molecule has 28 heavy (non-hydrogen) atoms. The summed E-state index contributed by atoms with van der Waals surface area (Å²) < 4.78 is 38.4. The van der Waals surface area contributed by atoms with Crippen LogP contribution >= 0.6 is 0 Å². The number of methoxy groups -OCH3 is 1. The highest BCUT2D eigenvalue weighted by Crippen LogP contribution is 2.50. The average Bonchev–Trinajstić information content (AvgIpc) is 2.62. The zero-order valence-corrected chi connectivity index (χ0v) is 17.1. The minimum atomic E-state index is -3.90. The summed E-state index contributed by atoms with van der Waals surface area (Å²) >= 11 is 0. The molecular weight excluding hydrogens is 378 g/mol. The third kappa shape index (κ3) is 2.76. The molecule has 0 aromatic heterocycles. The van der Waals surface area contributed by atoms with Gasteiger partial charge in [0.15, 0.2) is 32.3 Å². The van der Waals surface area contributed by atoms with Gasteiger partial charge in [0.1, 0.15) is 0 Å². The number of sulfone groups is 1. The summed E-state index contributed by atoms with van der Waals surface area (Å²) in [5.41, 5.74) is 1.58. The van der Waals surface area contributed by atoms with Gasteiger partial charge in [0.05, 0.1) is 12.0 Å². The van der Waals surface area contributed by atoms with E-state index in [1.54, 1.807) is 37.3 Å². The fourth-order valence-electron chi connectivity index (χ4n) is 4.15. The molecule has 0 aliphatic carbocycles. The number of nitrogens with one attached hydrogen (secondary N) is 1. The number of hydrogen-bond donors (Lipinski definition) is 1. The molecule has 4 rings (SSSR count). The lowest BCUT2D eigenvalue weighted by Crippen LogP contribution is -2.63. The molecule has 2 aliphatic rings. The van der Waals surface area contributed by atoms with Gasteiger partial charge in [-0.15, -0.1) is 0 Å². The molecule has 1 fully saturated rings. The van der Waals surface area contributed by atoms with Crippen molar-refractivity contribution in [1.82, 2.24) is 5.32 Å². The minimum absolute atomic E-state index is 0.162. The maximum Gasteiger partial charge on any atom is 0.242 e. The molecule has 0 spiro atoms. The Morgan fingerprint density at radius 1 is 1.18 bits per heavy atom. The quantitative estimate of drug-likeness (QED) is 0.855. The van der Waals surface area contributed by atoms with Crippen molar-refractivity contribution in [2.24, 2.45) is 0 Å². The molecule has 2 heterocycles. The third-order valence-electron chi connectivity index (χ3n) is 5.72. The summed E-state index contributed by atoms with van der Waals surface area (Å²) in [5.74, 6) is -0.0504. The highest BCUT2D eigenvalue weighted by molar-refractivity contribution is 7.92. The highest BCUT2D eigenvalue weighted by atomic mass is 32.2. The SMILES string of the molecule is COc1cccc2c1O[C@@]1(C)CC2C(S(=O)(=O)c2ccc(C)c(C)c2)C(=O)N1. The molecule has 2 aromatic carbocycles. The Morgan fingerprint density at radius 3 is 2.61 bits per heavy atom. The van der Waals surface area contributed by atoms with Gasteiger partial charge < -0.3 is 14.8 Å². The number of carbonyl (C=O) groups is 1. The second-order valence-electron chi connectivity index (χ2n) is 7.72. The number of fused-ring (bicyclic) bond motifs is 4. The van der Waals surface area contributed by atoms with Gasteiger partial charge >= 0.3 is 0 Å². The fourth-order valence-corrected chi connectivity index (χ4v) is 6.06. The van der Waals surface area contributed by atoms with Crippen LogP contribution in [0.4, 0.5) is 0 Å². The van der Waals surface area contributed by atoms with Gasteiger partial charge in [0, 0.05) is 17.9 Å².